The molecule has 2 heterocycles. The van der Waals surface area contributed by atoms with E-state index in [9.17, 15) is 9.59 Å². The molecule has 0 bridgehead atoms. The van der Waals surface area contributed by atoms with Gasteiger partial charge in [-0.15, -0.1) is 0 Å². The van der Waals surface area contributed by atoms with Crippen molar-refractivity contribution in [3.63, 3.8) is 0 Å². The van der Waals surface area contributed by atoms with Crippen molar-refractivity contribution >= 4 is 23.2 Å². The standard InChI is InChI=1S/C23H23N3O4/c27-22(18-4-1-3-17(15-18)16-26-10-13-29-14-11-26)24-19-6-8-20(9-7-19)25-23(28)21-5-2-12-30-21/h1-9,12,15H,10-11,13-14,16H2,(H,24,27)(H,25,28). The number of hydrogen-bond donors (Lipinski definition) is 2. The van der Waals surface area contributed by atoms with E-state index in [1.54, 1.807) is 42.5 Å². The van der Waals surface area contributed by atoms with E-state index in [2.05, 4.69) is 15.5 Å². The van der Waals surface area contributed by atoms with Gasteiger partial charge in [-0.2, -0.15) is 0 Å². The third-order valence-corrected chi connectivity index (χ3v) is 4.84. The fraction of sp³-hybridized carbons (Fsp3) is 0.217. The SMILES string of the molecule is O=C(Nc1ccc(NC(=O)c2ccco2)cc1)c1cccc(CN2CCOCC2)c1. The van der Waals surface area contributed by atoms with E-state index in [0.29, 0.717) is 16.9 Å². The normalized spacial score (nSPS) is 14.3. The number of benzene rings is 2. The number of ether oxygens (including phenoxy) is 1. The molecule has 2 aromatic carbocycles. The van der Waals surface area contributed by atoms with E-state index in [4.69, 9.17) is 9.15 Å². The van der Waals surface area contributed by atoms with Gasteiger partial charge in [-0.25, -0.2) is 0 Å². The van der Waals surface area contributed by atoms with Gasteiger partial charge in [0.25, 0.3) is 11.8 Å². The molecule has 1 aliphatic heterocycles. The number of carbonyl (C=O) groups excluding carboxylic acids is 2. The minimum Gasteiger partial charge on any atom is -0.459 e. The summed E-state index contributed by atoms with van der Waals surface area (Å²) >= 11 is 0. The maximum Gasteiger partial charge on any atom is 0.291 e. The molecule has 1 aromatic heterocycles. The van der Waals surface area contributed by atoms with Gasteiger partial charge in [-0.05, 0) is 54.1 Å². The first-order chi connectivity index (χ1) is 14.7. The van der Waals surface area contributed by atoms with Crippen LogP contribution >= 0.6 is 0 Å². The molecule has 3 aromatic rings. The molecular weight excluding hydrogens is 382 g/mol. The zero-order chi connectivity index (χ0) is 20.8. The van der Waals surface area contributed by atoms with Crippen molar-refractivity contribution < 1.29 is 18.7 Å². The molecule has 154 valence electrons. The van der Waals surface area contributed by atoms with E-state index in [1.165, 1.54) is 6.26 Å². The first kappa shape index (κ1) is 19.9. The number of rotatable bonds is 6. The number of amides is 2. The lowest BCUT2D eigenvalue weighted by Gasteiger charge is -2.26. The van der Waals surface area contributed by atoms with E-state index >= 15 is 0 Å². The second-order valence-corrected chi connectivity index (χ2v) is 7.05. The highest BCUT2D eigenvalue weighted by Gasteiger charge is 2.13. The van der Waals surface area contributed by atoms with Crippen LogP contribution in [0.4, 0.5) is 11.4 Å². The lowest BCUT2D eigenvalue weighted by atomic mass is 10.1. The van der Waals surface area contributed by atoms with Gasteiger partial charge >= 0.3 is 0 Å². The fourth-order valence-corrected chi connectivity index (χ4v) is 3.27. The average molecular weight is 405 g/mol. The van der Waals surface area contributed by atoms with Crippen LogP contribution in [-0.4, -0.2) is 43.0 Å². The highest BCUT2D eigenvalue weighted by Crippen LogP contribution is 2.17. The van der Waals surface area contributed by atoms with Crippen LogP contribution in [0, 0.1) is 0 Å². The number of hydrogen-bond acceptors (Lipinski definition) is 5. The summed E-state index contributed by atoms with van der Waals surface area (Å²) in [5.74, 6) is -0.260. The second kappa shape index (κ2) is 9.39. The third-order valence-electron chi connectivity index (χ3n) is 4.84. The lowest BCUT2D eigenvalue weighted by molar-refractivity contribution is 0.0342. The number of furan rings is 1. The summed E-state index contributed by atoms with van der Waals surface area (Å²) in [6.07, 6.45) is 1.45. The molecule has 1 saturated heterocycles. The Morgan fingerprint density at radius 1 is 0.867 bits per heavy atom. The molecular formula is C23H23N3O4. The van der Waals surface area contributed by atoms with Crippen LogP contribution in [0.5, 0.6) is 0 Å². The molecule has 1 aliphatic rings. The summed E-state index contributed by atoms with van der Waals surface area (Å²) < 4.78 is 10.5. The van der Waals surface area contributed by atoms with Crippen LogP contribution < -0.4 is 10.6 Å². The van der Waals surface area contributed by atoms with Gasteiger partial charge < -0.3 is 19.8 Å². The van der Waals surface area contributed by atoms with Crippen molar-refractivity contribution in [1.29, 1.82) is 0 Å². The molecule has 2 N–H and O–H groups in total. The Morgan fingerprint density at radius 3 is 2.23 bits per heavy atom. The quantitative estimate of drug-likeness (QED) is 0.655. The summed E-state index contributed by atoms with van der Waals surface area (Å²) in [4.78, 5) is 27.0. The molecule has 4 rings (SSSR count). The molecule has 0 spiro atoms. The first-order valence-corrected chi connectivity index (χ1v) is 9.83. The molecule has 0 atom stereocenters. The summed E-state index contributed by atoms with van der Waals surface area (Å²) in [5.41, 5.74) is 2.97. The minimum absolute atomic E-state index is 0.175. The zero-order valence-corrected chi connectivity index (χ0v) is 16.5. The van der Waals surface area contributed by atoms with Crippen molar-refractivity contribution in [2.45, 2.75) is 6.54 Å². The van der Waals surface area contributed by atoms with Gasteiger partial charge in [-0.3, -0.25) is 14.5 Å². The molecule has 1 fully saturated rings. The van der Waals surface area contributed by atoms with Gasteiger partial charge in [0.05, 0.1) is 19.5 Å². The van der Waals surface area contributed by atoms with Crippen LogP contribution in [-0.2, 0) is 11.3 Å². The number of nitrogens with one attached hydrogen (secondary N) is 2. The van der Waals surface area contributed by atoms with Crippen molar-refractivity contribution in [3.8, 4) is 0 Å². The lowest BCUT2D eigenvalue weighted by Crippen LogP contribution is -2.35. The average Bonchev–Trinajstić information content (AvgIpc) is 3.31. The highest BCUT2D eigenvalue weighted by atomic mass is 16.5. The smallest absolute Gasteiger partial charge is 0.291 e. The zero-order valence-electron chi connectivity index (χ0n) is 16.5. The van der Waals surface area contributed by atoms with E-state index in [0.717, 1.165) is 38.4 Å². The monoisotopic (exact) mass is 405 g/mol. The van der Waals surface area contributed by atoms with Gasteiger partial charge in [0, 0.05) is 36.6 Å². The molecule has 0 aliphatic carbocycles. The number of morpholine rings is 1. The van der Waals surface area contributed by atoms with Gasteiger partial charge in [0.15, 0.2) is 5.76 Å². The van der Waals surface area contributed by atoms with Crippen molar-refractivity contribution in [3.05, 3.63) is 83.8 Å². The molecule has 7 heteroatoms. The Kier molecular flexibility index (Phi) is 6.22. The maximum absolute atomic E-state index is 12.6. The van der Waals surface area contributed by atoms with Crippen molar-refractivity contribution in [2.24, 2.45) is 0 Å². The van der Waals surface area contributed by atoms with Gasteiger partial charge in [0.2, 0.25) is 0 Å². The van der Waals surface area contributed by atoms with E-state index < -0.39 is 0 Å². The maximum atomic E-state index is 12.6. The predicted octanol–water partition coefficient (Wildman–Crippen LogP) is 3.62. The number of anilines is 2. The topological polar surface area (TPSA) is 83.8 Å². The minimum atomic E-state index is -0.325. The summed E-state index contributed by atoms with van der Waals surface area (Å²) in [7, 11) is 0. The Balaban J connectivity index is 1.35. The Labute approximate surface area is 174 Å². The predicted molar refractivity (Wildman–Crippen MR) is 114 cm³/mol. The van der Waals surface area contributed by atoms with Crippen LogP contribution in [0.25, 0.3) is 0 Å². The molecule has 2 amide bonds. The van der Waals surface area contributed by atoms with Crippen LogP contribution in [0.3, 0.4) is 0 Å². The fourth-order valence-electron chi connectivity index (χ4n) is 3.27. The van der Waals surface area contributed by atoms with Crippen LogP contribution in [0.1, 0.15) is 26.5 Å². The Bertz CT molecular complexity index is 994. The van der Waals surface area contributed by atoms with Crippen molar-refractivity contribution in [2.75, 3.05) is 36.9 Å². The highest BCUT2D eigenvalue weighted by molar-refractivity contribution is 6.05. The summed E-state index contributed by atoms with van der Waals surface area (Å²) in [6.45, 7) is 4.10. The summed E-state index contributed by atoms with van der Waals surface area (Å²) in [6, 6.07) is 17.8. The Hall–Kier alpha value is -3.42. The van der Waals surface area contributed by atoms with Crippen LogP contribution in [0.15, 0.2) is 71.3 Å². The number of nitrogens with zero attached hydrogens (tertiary/aromatic N) is 1. The molecule has 0 unspecified atom stereocenters. The molecule has 7 nitrogen and oxygen atoms in total. The second-order valence-electron chi connectivity index (χ2n) is 7.05. The number of carbonyl (C=O) groups is 2. The van der Waals surface area contributed by atoms with E-state index in [1.807, 2.05) is 18.2 Å². The van der Waals surface area contributed by atoms with Gasteiger partial charge in [-0.1, -0.05) is 12.1 Å². The first-order valence-electron chi connectivity index (χ1n) is 9.83. The third kappa shape index (κ3) is 5.14. The molecule has 30 heavy (non-hydrogen) atoms. The Morgan fingerprint density at radius 2 is 1.57 bits per heavy atom. The van der Waals surface area contributed by atoms with E-state index in [-0.39, 0.29) is 17.6 Å². The molecule has 0 radical (unpaired) electrons. The van der Waals surface area contributed by atoms with Crippen molar-refractivity contribution in [1.82, 2.24) is 4.90 Å². The van der Waals surface area contributed by atoms with Crippen LogP contribution in [0.2, 0.25) is 0 Å². The summed E-state index contributed by atoms with van der Waals surface area (Å²) in [5, 5.41) is 5.64. The largest absolute Gasteiger partial charge is 0.459 e. The van der Waals surface area contributed by atoms with Gasteiger partial charge in [0.1, 0.15) is 0 Å². The molecule has 0 saturated carbocycles.